The normalized spacial score (nSPS) is 10.7. The summed E-state index contributed by atoms with van der Waals surface area (Å²) in [6.45, 7) is 3.82. The van der Waals surface area contributed by atoms with Gasteiger partial charge in [-0.2, -0.15) is 5.10 Å². The quantitative estimate of drug-likeness (QED) is 0.428. The van der Waals surface area contributed by atoms with Gasteiger partial charge < -0.3 is 18.9 Å². The van der Waals surface area contributed by atoms with Crippen LogP contribution in [0.15, 0.2) is 17.2 Å². The number of carbonyl (C=O) groups excluding carboxylic acids is 1. The van der Waals surface area contributed by atoms with E-state index < -0.39 is 0 Å². The van der Waals surface area contributed by atoms with Crippen LogP contribution in [-0.4, -0.2) is 45.1 Å². The van der Waals surface area contributed by atoms with E-state index in [2.05, 4.69) is 15.5 Å². The molecule has 0 spiro atoms. The highest BCUT2D eigenvalue weighted by Gasteiger charge is 2.16. The van der Waals surface area contributed by atoms with Crippen molar-refractivity contribution >= 4 is 28.7 Å². The minimum Gasteiger partial charge on any atom is -0.493 e. The predicted molar refractivity (Wildman–Crippen MR) is 100 cm³/mol. The number of esters is 1. The van der Waals surface area contributed by atoms with Crippen LogP contribution < -0.4 is 19.6 Å². The van der Waals surface area contributed by atoms with Crippen molar-refractivity contribution in [1.29, 1.82) is 0 Å². The molecule has 0 atom stereocenters. The van der Waals surface area contributed by atoms with Gasteiger partial charge in [-0.3, -0.25) is 5.43 Å². The highest BCUT2D eigenvalue weighted by Crippen LogP contribution is 2.37. The van der Waals surface area contributed by atoms with Crippen LogP contribution in [0.1, 0.15) is 27.9 Å². The van der Waals surface area contributed by atoms with Crippen LogP contribution in [-0.2, 0) is 4.74 Å². The van der Waals surface area contributed by atoms with Crippen LogP contribution in [0.25, 0.3) is 0 Å². The third-order valence-electron chi connectivity index (χ3n) is 3.32. The van der Waals surface area contributed by atoms with Crippen LogP contribution in [0.2, 0.25) is 0 Å². The number of thiazole rings is 1. The van der Waals surface area contributed by atoms with Gasteiger partial charge in [-0.05, 0) is 26.0 Å². The van der Waals surface area contributed by atoms with Gasteiger partial charge in [0.25, 0.3) is 0 Å². The molecule has 2 aromatic rings. The van der Waals surface area contributed by atoms with Gasteiger partial charge in [-0.1, -0.05) is 11.3 Å². The second-order valence-corrected chi connectivity index (χ2v) is 5.98. The maximum Gasteiger partial charge on any atom is 0.350 e. The maximum atomic E-state index is 11.8. The van der Waals surface area contributed by atoms with Gasteiger partial charge >= 0.3 is 5.97 Å². The molecule has 8 nitrogen and oxygen atoms in total. The van der Waals surface area contributed by atoms with Gasteiger partial charge in [-0.15, -0.1) is 0 Å². The molecule has 0 radical (unpaired) electrons. The van der Waals surface area contributed by atoms with E-state index in [0.29, 0.717) is 39.6 Å². The first-order chi connectivity index (χ1) is 12.5. The summed E-state index contributed by atoms with van der Waals surface area (Å²) in [6, 6.07) is 3.54. The number of ether oxygens (including phenoxy) is 4. The molecule has 0 unspecified atom stereocenters. The number of aryl methyl sites for hydroxylation is 1. The smallest absolute Gasteiger partial charge is 0.350 e. The predicted octanol–water partition coefficient (Wildman–Crippen LogP) is 3.10. The van der Waals surface area contributed by atoms with Gasteiger partial charge in [-0.25, -0.2) is 9.78 Å². The minimum atomic E-state index is -0.385. The van der Waals surface area contributed by atoms with Crippen molar-refractivity contribution in [1.82, 2.24) is 4.98 Å². The summed E-state index contributed by atoms with van der Waals surface area (Å²) in [5, 5.41) is 4.64. The fourth-order valence-electron chi connectivity index (χ4n) is 2.17. The zero-order chi connectivity index (χ0) is 19.1. The zero-order valence-corrected chi connectivity index (χ0v) is 16.1. The molecule has 0 fully saturated rings. The van der Waals surface area contributed by atoms with Gasteiger partial charge in [0.15, 0.2) is 11.5 Å². The van der Waals surface area contributed by atoms with E-state index in [4.69, 9.17) is 18.9 Å². The average Bonchev–Trinajstić information content (AvgIpc) is 3.01. The van der Waals surface area contributed by atoms with Crippen molar-refractivity contribution in [3.63, 3.8) is 0 Å². The Bertz CT molecular complexity index is 779. The highest BCUT2D eigenvalue weighted by atomic mass is 32.1. The largest absolute Gasteiger partial charge is 0.493 e. The number of methoxy groups -OCH3 is 3. The van der Waals surface area contributed by atoms with Crippen molar-refractivity contribution in [2.45, 2.75) is 13.8 Å². The number of hydrazone groups is 1. The Morgan fingerprint density at radius 1 is 1.23 bits per heavy atom. The van der Waals surface area contributed by atoms with Crippen LogP contribution in [0.4, 0.5) is 5.13 Å². The summed E-state index contributed by atoms with van der Waals surface area (Å²) in [4.78, 5) is 16.5. The first kappa shape index (κ1) is 19.5. The number of nitrogens with zero attached hydrogens (tertiary/aromatic N) is 2. The van der Waals surface area contributed by atoms with E-state index in [1.807, 2.05) is 0 Å². The first-order valence-corrected chi connectivity index (χ1v) is 8.59. The van der Waals surface area contributed by atoms with E-state index in [0.717, 1.165) is 5.56 Å². The van der Waals surface area contributed by atoms with Crippen molar-refractivity contribution < 1.29 is 23.7 Å². The lowest BCUT2D eigenvalue weighted by Gasteiger charge is -2.12. The molecule has 1 aromatic carbocycles. The molecular weight excluding hydrogens is 358 g/mol. The van der Waals surface area contributed by atoms with Gasteiger partial charge in [0.2, 0.25) is 10.9 Å². The van der Waals surface area contributed by atoms with Crippen molar-refractivity contribution in [2.24, 2.45) is 5.10 Å². The Balaban J connectivity index is 2.16. The topological polar surface area (TPSA) is 91.3 Å². The van der Waals surface area contributed by atoms with Crippen molar-refractivity contribution in [3.8, 4) is 17.2 Å². The summed E-state index contributed by atoms with van der Waals surface area (Å²) in [6.07, 6.45) is 1.59. The lowest BCUT2D eigenvalue weighted by atomic mass is 10.2. The number of aromatic nitrogens is 1. The minimum absolute atomic E-state index is 0.318. The fraction of sp³-hybridized carbons (Fsp3) is 0.353. The highest BCUT2D eigenvalue weighted by molar-refractivity contribution is 7.17. The van der Waals surface area contributed by atoms with Crippen molar-refractivity contribution in [2.75, 3.05) is 33.4 Å². The summed E-state index contributed by atoms with van der Waals surface area (Å²) in [7, 11) is 4.64. The molecule has 0 aliphatic carbocycles. The molecule has 1 aromatic heterocycles. The van der Waals surface area contributed by atoms with Gasteiger partial charge in [0.1, 0.15) is 4.88 Å². The molecule has 0 saturated heterocycles. The lowest BCUT2D eigenvalue weighted by molar-refractivity contribution is 0.0531. The van der Waals surface area contributed by atoms with Gasteiger partial charge in [0.05, 0.1) is 39.8 Å². The standard InChI is InChI=1S/C17H21N3O5S/c1-6-25-16(21)15-10(2)19-17(26-15)20-18-9-11-7-12(22-3)14(24-5)13(8-11)23-4/h7-9H,6H2,1-5H3,(H,19,20)/b18-9+. The molecular formula is C17H21N3O5S. The van der Waals surface area contributed by atoms with Crippen LogP contribution in [0, 0.1) is 6.92 Å². The Morgan fingerprint density at radius 2 is 1.88 bits per heavy atom. The lowest BCUT2D eigenvalue weighted by Crippen LogP contribution is -2.03. The number of hydrogen-bond donors (Lipinski definition) is 1. The van der Waals surface area contributed by atoms with Gasteiger partial charge in [0, 0.05) is 5.56 Å². The average molecular weight is 379 g/mol. The Morgan fingerprint density at radius 3 is 2.42 bits per heavy atom. The summed E-state index contributed by atoms with van der Waals surface area (Å²) < 4.78 is 20.9. The third kappa shape index (κ3) is 4.42. The molecule has 1 heterocycles. The molecule has 0 bridgehead atoms. The van der Waals surface area contributed by atoms with Crippen LogP contribution in [0.3, 0.4) is 0 Å². The third-order valence-corrected chi connectivity index (χ3v) is 4.36. The molecule has 0 aliphatic rings. The van der Waals surface area contributed by atoms with E-state index in [1.165, 1.54) is 11.3 Å². The summed E-state index contributed by atoms with van der Waals surface area (Å²) in [5.41, 5.74) is 4.15. The van der Waals surface area contributed by atoms with Crippen LogP contribution >= 0.6 is 11.3 Å². The van der Waals surface area contributed by atoms with Crippen molar-refractivity contribution in [3.05, 3.63) is 28.3 Å². The van der Waals surface area contributed by atoms with Crippen LogP contribution in [0.5, 0.6) is 17.2 Å². The molecule has 2 rings (SSSR count). The summed E-state index contributed by atoms with van der Waals surface area (Å²) >= 11 is 1.18. The zero-order valence-electron chi connectivity index (χ0n) is 15.3. The Labute approximate surface area is 155 Å². The molecule has 26 heavy (non-hydrogen) atoms. The Kier molecular flexibility index (Phi) is 6.79. The molecule has 140 valence electrons. The maximum absolute atomic E-state index is 11.8. The molecule has 0 aliphatic heterocycles. The Hall–Kier alpha value is -2.81. The van der Waals surface area contributed by atoms with E-state index >= 15 is 0 Å². The number of nitrogens with one attached hydrogen (secondary N) is 1. The van der Waals surface area contributed by atoms with E-state index in [-0.39, 0.29) is 5.97 Å². The number of hydrogen-bond acceptors (Lipinski definition) is 9. The number of benzene rings is 1. The molecule has 1 N–H and O–H groups in total. The molecule has 0 saturated carbocycles. The summed E-state index contributed by atoms with van der Waals surface area (Å²) in [5.74, 6) is 1.19. The van der Waals surface area contributed by atoms with E-state index in [1.54, 1.807) is 53.5 Å². The molecule has 0 amide bonds. The SMILES string of the molecule is CCOC(=O)c1sc(N/N=C/c2cc(OC)c(OC)c(OC)c2)nc1C. The molecule has 9 heteroatoms. The first-order valence-electron chi connectivity index (χ1n) is 7.77. The fourth-order valence-corrected chi connectivity index (χ4v) is 2.98. The number of rotatable bonds is 8. The second-order valence-electron chi connectivity index (χ2n) is 4.98. The number of carbonyl (C=O) groups is 1. The monoisotopic (exact) mass is 379 g/mol. The second kappa shape index (κ2) is 9.04. The van der Waals surface area contributed by atoms with E-state index in [9.17, 15) is 4.79 Å². The number of anilines is 1.